The molecule has 5 heteroatoms. The molecular weight excluding hydrogens is 414 g/mol. The molecule has 33 heavy (non-hydrogen) atoms. The minimum absolute atomic E-state index is 0.0471. The molecule has 1 N–H and O–H groups in total. The van der Waals surface area contributed by atoms with E-state index in [2.05, 4.69) is 28.7 Å². The monoisotopic (exact) mass is 453 g/mol. The summed E-state index contributed by atoms with van der Waals surface area (Å²) in [5.74, 6) is 6.48. The van der Waals surface area contributed by atoms with Crippen molar-refractivity contribution in [3.8, 4) is 11.8 Å². The molecule has 1 aliphatic rings. The molecule has 1 fully saturated rings. The molecule has 0 radical (unpaired) electrons. The number of hydrogen-bond donors (Lipinski definition) is 1. The van der Waals surface area contributed by atoms with Gasteiger partial charge in [0.15, 0.2) is 0 Å². The first-order valence-corrected chi connectivity index (χ1v) is 12.2. The molecule has 1 aliphatic heterocycles. The second-order valence-electron chi connectivity index (χ2n) is 8.83. The van der Waals surface area contributed by atoms with Gasteiger partial charge in [-0.1, -0.05) is 62.2 Å². The van der Waals surface area contributed by atoms with Crippen LogP contribution in [0.4, 0.5) is 0 Å². The number of rotatable bonds is 13. The molecule has 3 atom stereocenters. The Morgan fingerprint density at radius 2 is 1.97 bits per heavy atom. The summed E-state index contributed by atoms with van der Waals surface area (Å²) in [6.45, 7) is 2.73. The number of ether oxygens (including phenoxy) is 1. The third-order valence-corrected chi connectivity index (χ3v) is 6.18. The molecule has 1 saturated heterocycles. The predicted octanol–water partition coefficient (Wildman–Crippen LogP) is 4.68. The topological polar surface area (TPSA) is 66.8 Å². The highest BCUT2D eigenvalue weighted by Gasteiger charge is 2.28. The van der Waals surface area contributed by atoms with E-state index in [9.17, 15) is 14.7 Å². The van der Waals surface area contributed by atoms with Crippen LogP contribution in [0.1, 0.15) is 70.3 Å². The molecule has 0 bridgehead atoms. The average Bonchev–Trinajstić information content (AvgIpc) is 3.18. The van der Waals surface area contributed by atoms with E-state index in [-0.39, 0.29) is 23.8 Å². The van der Waals surface area contributed by atoms with Gasteiger partial charge in [0.2, 0.25) is 5.91 Å². The zero-order chi connectivity index (χ0) is 23.9. The van der Waals surface area contributed by atoms with Crippen LogP contribution in [-0.2, 0) is 20.7 Å². The van der Waals surface area contributed by atoms with Gasteiger partial charge in [0, 0.05) is 32.2 Å². The van der Waals surface area contributed by atoms with Crippen molar-refractivity contribution in [1.82, 2.24) is 4.90 Å². The maximum Gasteiger partial charge on any atom is 0.305 e. The molecule has 0 saturated carbocycles. The molecule has 0 spiro atoms. The van der Waals surface area contributed by atoms with Crippen LogP contribution >= 0.6 is 0 Å². The van der Waals surface area contributed by atoms with Crippen LogP contribution in [0.3, 0.4) is 0 Å². The summed E-state index contributed by atoms with van der Waals surface area (Å²) < 4.78 is 4.65. The Bertz CT molecular complexity index is 808. The highest BCUT2D eigenvalue weighted by atomic mass is 16.5. The first-order valence-electron chi connectivity index (χ1n) is 12.2. The van der Waals surface area contributed by atoms with Crippen molar-refractivity contribution in [2.45, 2.75) is 83.3 Å². The summed E-state index contributed by atoms with van der Waals surface area (Å²) in [4.78, 5) is 25.3. The second-order valence-corrected chi connectivity index (χ2v) is 8.83. The molecule has 0 aliphatic carbocycles. The molecule has 2 rings (SSSR count). The summed E-state index contributed by atoms with van der Waals surface area (Å²) in [6.07, 6.45) is 11.2. The number of aliphatic hydroxyl groups is 1. The lowest BCUT2D eigenvalue weighted by molar-refractivity contribution is -0.140. The van der Waals surface area contributed by atoms with Crippen LogP contribution in [0.5, 0.6) is 0 Å². The van der Waals surface area contributed by atoms with Crippen molar-refractivity contribution < 1.29 is 19.4 Å². The lowest BCUT2D eigenvalue weighted by atomic mass is 9.99. The zero-order valence-corrected chi connectivity index (χ0v) is 20.2. The van der Waals surface area contributed by atoms with E-state index < -0.39 is 6.10 Å². The number of nitrogens with zero attached hydrogens (tertiary/aromatic N) is 1. The van der Waals surface area contributed by atoms with Gasteiger partial charge in [-0.2, -0.15) is 0 Å². The van der Waals surface area contributed by atoms with Crippen LogP contribution in [0.25, 0.3) is 0 Å². The van der Waals surface area contributed by atoms with Crippen LogP contribution in [0.15, 0.2) is 42.5 Å². The van der Waals surface area contributed by atoms with Crippen LogP contribution in [0.2, 0.25) is 0 Å². The Morgan fingerprint density at radius 3 is 2.73 bits per heavy atom. The van der Waals surface area contributed by atoms with Crippen LogP contribution in [-0.4, -0.2) is 47.7 Å². The van der Waals surface area contributed by atoms with Crippen molar-refractivity contribution in [1.29, 1.82) is 0 Å². The molecule has 1 aromatic rings. The van der Waals surface area contributed by atoms with Crippen molar-refractivity contribution in [3.63, 3.8) is 0 Å². The average molecular weight is 454 g/mol. The third kappa shape index (κ3) is 10.3. The molecule has 180 valence electrons. The fourth-order valence-corrected chi connectivity index (χ4v) is 3.98. The molecule has 0 aromatic heterocycles. The minimum Gasteiger partial charge on any atom is -0.469 e. The Labute approximate surface area is 199 Å². The SMILES string of the molecule is COC(=O)CCCCCCN1C(=O)CCC1C=C[C@@H](O)[C@@H](C)CC#CCCc1ccccc1. The molecular formula is C28H39NO4. The summed E-state index contributed by atoms with van der Waals surface area (Å²) in [5.41, 5.74) is 1.29. The van der Waals surface area contributed by atoms with Gasteiger partial charge in [0.25, 0.3) is 0 Å². The number of methoxy groups -OCH3 is 1. The fraction of sp³-hybridized carbons (Fsp3) is 0.571. The lowest BCUT2D eigenvalue weighted by Crippen LogP contribution is -2.33. The summed E-state index contributed by atoms with van der Waals surface area (Å²) in [6, 6.07) is 10.4. The minimum atomic E-state index is -0.565. The van der Waals surface area contributed by atoms with Gasteiger partial charge >= 0.3 is 5.97 Å². The van der Waals surface area contributed by atoms with Crippen LogP contribution in [0, 0.1) is 17.8 Å². The number of unbranched alkanes of at least 4 members (excludes halogenated alkanes) is 3. The van der Waals surface area contributed by atoms with E-state index in [0.29, 0.717) is 19.3 Å². The van der Waals surface area contributed by atoms with Gasteiger partial charge in [-0.3, -0.25) is 9.59 Å². The Kier molecular flexibility index (Phi) is 12.4. The van der Waals surface area contributed by atoms with Gasteiger partial charge in [0.05, 0.1) is 19.3 Å². The maximum absolute atomic E-state index is 12.3. The van der Waals surface area contributed by atoms with Crippen LogP contribution < -0.4 is 0 Å². The van der Waals surface area contributed by atoms with E-state index in [1.165, 1.54) is 12.7 Å². The molecule has 1 aromatic carbocycles. The fourth-order valence-electron chi connectivity index (χ4n) is 3.98. The normalized spacial score (nSPS) is 17.6. The number of amides is 1. The van der Waals surface area contributed by atoms with Crippen molar-refractivity contribution >= 4 is 11.9 Å². The molecule has 1 unspecified atom stereocenters. The third-order valence-electron chi connectivity index (χ3n) is 6.18. The number of likely N-dealkylation sites (tertiary alicyclic amines) is 1. The van der Waals surface area contributed by atoms with Gasteiger partial charge in [-0.15, -0.1) is 11.8 Å². The number of aryl methyl sites for hydroxylation is 1. The Hall–Kier alpha value is -2.58. The molecule has 5 nitrogen and oxygen atoms in total. The van der Waals surface area contributed by atoms with Crippen molar-refractivity contribution in [3.05, 3.63) is 48.0 Å². The smallest absolute Gasteiger partial charge is 0.305 e. The number of carbonyl (C=O) groups excluding carboxylic acids is 2. The first kappa shape index (κ1) is 26.7. The van der Waals surface area contributed by atoms with Gasteiger partial charge in [-0.05, 0) is 37.2 Å². The second kappa shape index (κ2) is 15.3. The largest absolute Gasteiger partial charge is 0.469 e. The van der Waals surface area contributed by atoms with E-state index in [4.69, 9.17) is 0 Å². The first-order chi connectivity index (χ1) is 16.0. The molecule has 1 amide bonds. The van der Waals surface area contributed by atoms with E-state index in [0.717, 1.165) is 51.5 Å². The maximum atomic E-state index is 12.3. The highest BCUT2D eigenvalue weighted by molar-refractivity contribution is 5.79. The quantitative estimate of drug-likeness (QED) is 0.204. The number of benzene rings is 1. The summed E-state index contributed by atoms with van der Waals surface area (Å²) in [7, 11) is 1.41. The van der Waals surface area contributed by atoms with E-state index in [1.807, 2.05) is 42.2 Å². The summed E-state index contributed by atoms with van der Waals surface area (Å²) >= 11 is 0. The lowest BCUT2D eigenvalue weighted by Gasteiger charge is -2.23. The highest BCUT2D eigenvalue weighted by Crippen LogP contribution is 2.22. The van der Waals surface area contributed by atoms with Gasteiger partial charge in [-0.25, -0.2) is 0 Å². The Balaban J connectivity index is 1.68. The van der Waals surface area contributed by atoms with Crippen molar-refractivity contribution in [2.24, 2.45) is 5.92 Å². The van der Waals surface area contributed by atoms with Gasteiger partial charge < -0.3 is 14.7 Å². The number of carbonyl (C=O) groups is 2. The van der Waals surface area contributed by atoms with Gasteiger partial charge in [0.1, 0.15) is 0 Å². The van der Waals surface area contributed by atoms with E-state index >= 15 is 0 Å². The zero-order valence-electron chi connectivity index (χ0n) is 20.2. The number of hydrogen-bond acceptors (Lipinski definition) is 4. The predicted molar refractivity (Wildman–Crippen MR) is 131 cm³/mol. The molecule has 1 heterocycles. The summed E-state index contributed by atoms with van der Waals surface area (Å²) in [5, 5.41) is 10.5. The number of esters is 1. The Morgan fingerprint density at radius 1 is 1.21 bits per heavy atom. The number of aliphatic hydroxyl groups excluding tert-OH is 1. The van der Waals surface area contributed by atoms with Crippen molar-refractivity contribution in [2.75, 3.05) is 13.7 Å². The van der Waals surface area contributed by atoms with E-state index in [1.54, 1.807) is 0 Å². The standard InChI is InChI=1S/C28H39NO4/c1-23(13-7-5-8-14-24-15-9-6-10-16-24)26(30)20-18-25-19-21-27(31)29(25)22-12-4-3-11-17-28(32)33-2/h6,9-10,15-16,18,20,23,25-26,30H,3-4,8,11-14,17,19,21-22H2,1-2H3/t23-,25?,26+/m0/s1.